The number of allylic oxidation sites excluding steroid dienone is 4. The molecule has 0 radical (unpaired) electrons. The lowest BCUT2D eigenvalue weighted by Gasteiger charge is -2.36. The molecule has 0 bridgehead atoms. The van der Waals surface area contributed by atoms with Crippen LogP contribution in [0.3, 0.4) is 0 Å². The Morgan fingerprint density at radius 2 is 1.81 bits per heavy atom. The van der Waals surface area contributed by atoms with Gasteiger partial charge in [-0.25, -0.2) is 0 Å². The topological polar surface area (TPSA) is 0 Å². The zero-order valence-electron chi connectivity index (χ0n) is 11.5. The first-order valence-corrected chi connectivity index (χ1v) is 6.85. The zero-order valence-corrected chi connectivity index (χ0v) is 11.5. The molecule has 16 heavy (non-hydrogen) atoms. The zero-order chi connectivity index (χ0) is 11.9. The third-order valence-electron chi connectivity index (χ3n) is 4.57. The van der Waals surface area contributed by atoms with Crippen LogP contribution in [0.15, 0.2) is 22.8 Å². The van der Waals surface area contributed by atoms with Crippen LogP contribution in [0, 0.1) is 23.7 Å². The van der Waals surface area contributed by atoms with E-state index in [1.54, 1.807) is 5.57 Å². The molecule has 2 rings (SSSR count). The van der Waals surface area contributed by atoms with Crippen molar-refractivity contribution >= 4 is 0 Å². The molecule has 0 saturated heterocycles. The highest BCUT2D eigenvalue weighted by atomic mass is 14.4. The Hall–Kier alpha value is -0.520. The van der Waals surface area contributed by atoms with Crippen LogP contribution >= 0.6 is 0 Å². The predicted octanol–water partition coefficient (Wildman–Crippen LogP) is 4.97. The van der Waals surface area contributed by atoms with Gasteiger partial charge < -0.3 is 0 Å². The van der Waals surface area contributed by atoms with Gasteiger partial charge >= 0.3 is 0 Å². The Bertz CT molecular complexity index is 328. The van der Waals surface area contributed by atoms with E-state index in [-0.39, 0.29) is 0 Å². The van der Waals surface area contributed by atoms with Gasteiger partial charge in [-0.2, -0.15) is 0 Å². The van der Waals surface area contributed by atoms with Crippen LogP contribution in [0.1, 0.15) is 53.9 Å². The third-order valence-corrected chi connectivity index (χ3v) is 4.57. The lowest BCUT2D eigenvalue weighted by atomic mass is 9.69. The summed E-state index contributed by atoms with van der Waals surface area (Å²) >= 11 is 0. The first-order valence-electron chi connectivity index (χ1n) is 6.85. The van der Waals surface area contributed by atoms with Crippen LogP contribution in [-0.2, 0) is 0 Å². The van der Waals surface area contributed by atoms with Gasteiger partial charge in [0.25, 0.3) is 0 Å². The monoisotopic (exact) mass is 218 g/mol. The Labute approximate surface area is 101 Å². The molecule has 0 heterocycles. The van der Waals surface area contributed by atoms with Crippen molar-refractivity contribution in [2.24, 2.45) is 23.7 Å². The molecule has 0 nitrogen and oxygen atoms in total. The number of hydrogen-bond acceptors (Lipinski definition) is 0. The lowest BCUT2D eigenvalue weighted by molar-refractivity contribution is 0.247. The van der Waals surface area contributed by atoms with Crippen molar-refractivity contribution in [3.8, 4) is 0 Å². The summed E-state index contributed by atoms with van der Waals surface area (Å²) in [5, 5.41) is 0. The Kier molecular flexibility index (Phi) is 3.28. The van der Waals surface area contributed by atoms with E-state index in [2.05, 4.69) is 40.7 Å². The highest BCUT2D eigenvalue weighted by Gasteiger charge is 2.39. The van der Waals surface area contributed by atoms with E-state index in [1.807, 2.05) is 5.57 Å². The second kappa shape index (κ2) is 4.39. The Morgan fingerprint density at radius 3 is 2.44 bits per heavy atom. The predicted molar refractivity (Wildman–Crippen MR) is 71.3 cm³/mol. The second-order valence-corrected chi connectivity index (χ2v) is 6.35. The molecule has 0 aromatic carbocycles. The smallest absolute Gasteiger partial charge is 0.00151 e. The lowest BCUT2D eigenvalue weighted by Crippen LogP contribution is -2.26. The molecule has 90 valence electrons. The minimum absolute atomic E-state index is 0.760. The maximum absolute atomic E-state index is 2.51. The second-order valence-electron chi connectivity index (χ2n) is 6.35. The molecule has 2 aliphatic carbocycles. The van der Waals surface area contributed by atoms with Crippen molar-refractivity contribution in [2.45, 2.75) is 53.9 Å². The Balaban J connectivity index is 2.32. The summed E-state index contributed by atoms with van der Waals surface area (Å²) < 4.78 is 0. The van der Waals surface area contributed by atoms with Crippen LogP contribution in [0.5, 0.6) is 0 Å². The SMILES string of the molecule is CC(C)=C[C@@H]1CC[C@@H](C)C2C1=C(C)C[C@H]2C. The maximum atomic E-state index is 2.51. The highest BCUT2D eigenvalue weighted by Crippen LogP contribution is 2.50. The van der Waals surface area contributed by atoms with Gasteiger partial charge in [0.05, 0.1) is 0 Å². The molecule has 0 amide bonds. The largest absolute Gasteiger partial charge is 0.0798 e. The van der Waals surface area contributed by atoms with E-state index in [4.69, 9.17) is 0 Å². The number of fused-ring (bicyclic) bond motifs is 1. The molecule has 0 aromatic heterocycles. The first kappa shape index (κ1) is 12.0. The van der Waals surface area contributed by atoms with Crippen molar-refractivity contribution in [3.63, 3.8) is 0 Å². The van der Waals surface area contributed by atoms with Crippen LogP contribution in [0.2, 0.25) is 0 Å². The van der Waals surface area contributed by atoms with Crippen LogP contribution in [-0.4, -0.2) is 0 Å². The van der Waals surface area contributed by atoms with Crippen LogP contribution in [0.25, 0.3) is 0 Å². The van der Waals surface area contributed by atoms with E-state index in [0.29, 0.717) is 0 Å². The van der Waals surface area contributed by atoms with E-state index in [1.165, 1.54) is 24.8 Å². The molecule has 0 aliphatic heterocycles. The summed E-state index contributed by atoms with van der Waals surface area (Å²) in [4.78, 5) is 0. The number of hydrogen-bond donors (Lipinski definition) is 0. The van der Waals surface area contributed by atoms with Gasteiger partial charge in [0, 0.05) is 0 Å². The summed E-state index contributed by atoms with van der Waals surface area (Å²) in [5.41, 5.74) is 5.00. The fourth-order valence-electron chi connectivity index (χ4n) is 4.10. The molecule has 1 unspecified atom stereocenters. The third kappa shape index (κ3) is 1.99. The van der Waals surface area contributed by atoms with Crippen molar-refractivity contribution in [1.82, 2.24) is 0 Å². The van der Waals surface area contributed by atoms with Gasteiger partial charge in [0.2, 0.25) is 0 Å². The van der Waals surface area contributed by atoms with E-state index >= 15 is 0 Å². The molecule has 1 saturated carbocycles. The standard InChI is InChI=1S/C16H26/c1-10(2)8-14-7-6-11(3)15-12(4)9-13(5)16(14)15/h8,11-12,14-15H,6-7,9H2,1-5H3/t11-,12-,14+,15?/m1/s1. The van der Waals surface area contributed by atoms with Gasteiger partial charge in [0.15, 0.2) is 0 Å². The average Bonchev–Trinajstić information content (AvgIpc) is 2.47. The molecule has 0 N–H and O–H groups in total. The average molecular weight is 218 g/mol. The molecular weight excluding hydrogens is 192 g/mol. The Morgan fingerprint density at radius 1 is 1.12 bits per heavy atom. The molecule has 0 spiro atoms. The summed E-state index contributed by atoms with van der Waals surface area (Å²) in [6.07, 6.45) is 6.65. The fraction of sp³-hybridized carbons (Fsp3) is 0.750. The van der Waals surface area contributed by atoms with Gasteiger partial charge in [-0.15, -0.1) is 0 Å². The summed E-state index contributed by atoms with van der Waals surface area (Å²) in [6, 6.07) is 0. The van der Waals surface area contributed by atoms with Gasteiger partial charge in [-0.1, -0.05) is 36.6 Å². The summed E-state index contributed by atoms with van der Waals surface area (Å²) in [6.45, 7) is 11.7. The molecule has 4 atom stereocenters. The minimum atomic E-state index is 0.760. The van der Waals surface area contributed by atoms with Gasteiger partial charge in [-0.05, 0) is 63.7 Å². The molecule has 0 aromatic rings. The molecule has 1 fully saturated rings. The van der Waals surface area contributed by atoms with E-state index in [9.17, 15) is 0 Å². The summed E-state index contributed by atoms with van der Waals surface area (Å²) in [7, 11) is 0. The van der Waals surface area contributed by atoms with Crippen molar-refractivity contribution in [2.75, 3.05) is 0 Å². The molecule has 2 aliphatic rings. The van der Waals surface area contributed by atoms with Crippen molar-refractivity contribution in [1.29, 1.82) is 0 Å². The van der Waals surface area contributed by atoms with E-state index in [0.717, 1.165) is 23.7 Å². The molecular formula is C16H26. The quantitative estimate of drug-likeness (QED) is 0.545. The number of rotatable bonds is 1. The van der Waals surface area contributed by atoms with E-state index < -0.39 is 0 Å². The summed E-state index contributed by atoms with van der Waals surface area (Å²) in [5.74, 6) is 3.44. The van der Waals surface area contributed by atoms with Crippen molar-refractivity contribution < 1.29 is 0 Å². The van der Waals surface area contributed by atoms with Crippen molar-refractivity contribution in [3.05, 3.63) is 22.8 Å². The minimum Gasteiger partial charge on any atom is -0.0798 e. The highest BCUT2D eigenvalue weighted by molar-refractivity contribution is 5.31. The fourth-order valence-corrected chi connectivity index (χ4v) is 4.10. The maximum Gasteiger partial charge on any atom is -0.00151 e. The van der Waals surface area contributed by atoms with Gasteiger partial charge in [0.1, 0.15) is 0 Å². The van der Waals surface area contributed by atoms with Gasteiger partial charge in [-0.3, -0.25) is 0 Å². The van der Waals surface area contributed by atoms with Crippen LogP contribution in [0.4, 0.5) is 0 Å². The van der Waals surface area contributed by atoms with Crippen LogP contribution < -0.4 is 0 Å². The molecule has 0 heteroatoms. The first-order chi connectivity index (χ1) is 7.50. The normalized spacial score (nSPS) is 38.6.